The van der Waals surface area contributed by atoms with Crippen LogP contribution in [0.2, 0.25) is 0 Å². The largest absolute Gasteiger partial charge is 0.463 e. The van der Waals surface area contributed by atoms with Gasteiger partial charge < -0.3 is 15.0 Å². The van der Waals surface area contributed by atoms with Gasteiger partial charge in [0.05, 0.1) is 6.61 Å². The molecule has 2 fully saturated rings. The molecule has 0 unspecified atom stereocenters. The smallest absolute Gasteiger partial charge is 0.323 e. The molecule has 1 N–H and O–H groups in total. The number of hydrogen-bond donors (Lipinski definition) is 1. The molecule has 1 saturated carbocycles. The predicted molar refractivity (Wildman–Crippen MR) is 78.3 cm³/mol. The molecule has 0 bridgehead atoms. The van der Waals surface area contributed by atoms with Crippen molar-refractivity contribution in [3.63, 3.8) is 0 Å². The third-order valence-electron chi connectivity index (χ3n) is 3.92. The lowest BCUT2D eigenvalue weighted by Crippen LogP contribution is -2.31. The average Bonchev–Trinajstić information content (AvgIpc) is 3.32. The fraction of sp³-hybridized carbons (Fsp3) is 0.786. The third kappa shape index (κ3) is 3.49. The molecule has 0 amide bonds. The number of aromatic nitrogens is 3. The van der Waals surface area contributed by atoms with Crippen LogP contribution in [0.15, 0.2) is 0 Å². The first kappa shape index (κ1) is 13.4. The summed E-state index contributed by atoms with van der Waals surface area (Å²) in [5, 5.41) is 2.99. The van der Waals surface area contributed by atoms with Gasteiger partial charge >= 0.3 is 6.01 Å². The highest BCUT2D eigenvalue weighted by Crippen LogP contribution is 2.32. The normalized spacial score (nSPS) is 18.9. The van der Waals surface area contributed by atoms with Crippen LogP contribution in [0, 0.1) is 5.92 Å². The number of anilines is 2. The fourth-order valence-electron chi connectivity index (χ4n) is 2.48. The van der Waals surface area contributed by atoms with E-state index in [1.807, 2.05) is 7.05 Å². The van der Waals surface area contributed by atoms with E-state index in [1.165, 1.54) is 32.1 Å². The van der Waals surface area contributed by atoms with Crippen molar-refractivity contribution in [2.45, 2.75) is 38.5 Å². The fourth-order valence-corrected chi connectivity index (χ4v) is 2.48. The minimum Gasteiger partial charge on any atom is -0.463 e. The Morgan fingerprint density at radius 3 is 2.65 bits per heavy atom. The minimum absolute atomic E-state index is 0.450. The lowest BCUT2D eigenvalue weighted by atomic mass is 10.1. The summed E-state index contributed by atoms with van der Waals surface area (Å²) in [6, 6.07) is 0.450. The molecule has 2 aliphatic rings. The van der Waals surface area contributed by atoms with Gasteiger partial charge in [0.25, 0.3) is 0 Å². The number of nitrogens with one attached hydrogen (secondary N) is 1. The molecule has 1 aromatic heterocycles. The van der Waals surface area contributed by atoms with E-state index in [0.717, 1.165) is 31.4 Å². The molecule has 1 saturated heterocycles. The second-order valence-corrected chi connectivity index (χ2v) is 5.62. The van der Waals surface area contributed by atoms with Crippen LogP contribution in [0.25, 0.3) is 0 Å². The van der Waals surface area contributed by atoms with Gasteiger partial charge in [-0.25, -0.2) is 0 Å². The van der Waals surface area contributed by atoms with Crippen molar-refractivity contribution in [2.24, 2.45) is 5.92 Å². The van der Waals surface area contributed by atoms with Crippen LogP contribution in [-0.2, 0) is 0 Å². The van der Waals surface area contributed by atoms with Crippen LogP contribution in [0.4, 0.5) is 11.9 Å². The molecular formula is C14H23N5O. The Kier molecular flexibility index (Phi) is 4.18. The number of piperidine rings is 1. The van der Waals surface area contributed by atoms with Gasteiger partial charge in [0.15, 0.2) is 0 Å². The summed E-state index contributed by atoms with van der Waals surface area (Å²) in [4.78, 5) is 15.4. The van der Waals surface area contributed by atoms with Gasteiger partial charge in [-0.05, 0) is 31.6 Å². The highest BCUT2D eigenvalue weighted by atomic mass is 16.5. The van der Waals surface area contributed by atoms with Crippen LogP contribution in [0.3, 0.4) is 0 Å². The first-order valence-electron chi connectivity index (χ1n) is 7.67. The standard InChI is InChI=1S/C14H23N5O/c1-15-12-16-13(19-8-3-2-4-9-19)18-14(17-12)20-10-7-11-5-6-11/h11H,2-10H2,1H3,(H,15,16,17,18). The summed E-state index contributed by atoms with van der Waals surface area (Å²) < 4.78 is 5.70. The van der Waals surface area contributed by atoms with Gasteiger partial charge in [-0.2, -0.15) is 15.0 Å². The van der Waals surface area contributed by atoms with E-state index in [0.29, 0.717) is 18.6 Å². The molecule has 0 spiro atoms. The zero-order chi connectivity index (χ0) is 13.8. The van der Waals surface area contributed by atoms with Crippen LogP contribution in [0.1, 0.15) is 38.5 Å². The summed E-state index contributed by atoms with van der Waals surface area (Å²) in [6.45, 7) is 2.75. The Balaban J connectivity index is 1.67. The molecule has 1 aliphatic heterocycles. The van der Waals surface area contributed by atoms with Crippen molar-refractivity contribution in [2.75, 3.05) is 37.0 Å². The van der Waals surface area contributed by atoms with E-state index in [1.54, 1.807) is 0 Å². The molecule has 0 radical (unpaired) electrons. The van der Waals surface area contributed by atoms with E-state index in [-0.39, 0.29) is 0 Å². The van der Waals surface area contributed by atoms with E-state index in [9.17, 15) is 0 Å². The molecule has 6 heteroatoms. The van der Waals surface area contributed by atoms with Gasteiger partial charge in [0, 0.05) is 20.1 Å². The van der Waals surface area contributed by atoms with Gasteiger partial charge in [-0.15, -0.1) is 0 Å². The topological polar surface area (TPSA) is 63.2 Å². The van der Waals surface area contributed by atoms with Crippen molar-refractivity contribution >= 4 is 11.9 Å². The van der Waals surface area contributed by atoms with Gasteiger partial charge in [0.1, 0.15) is 0 Å². The first-order chi connectivity index (χ1) is 9.85. The number of hydrogen-bond acceptors (Lipinski definition) is 6. The van der Waals surface area contributed by atoms with Crippen molar-refractivity contribution in [1.82, 2.24) is 15.0 Å². The lowest BCUT2D eigenvalue weighted by molar-refractivity contribution is 0.279. The Morgan fingerprint density at radius 2 is 1.95 bits per heavy atom. The highest BCUT2D eigenvalue weighted by molar-refractivity contribution is 5.38. The molecule has 0 atom stereocenters. The quantitative estimate of drug-likeness (QED) is 0.859. The second kappa shape index (κ2) is 6.24. The summed E-state index contributed by atoms with van der Waals surface area (Å²) in [6.07, 6.45) is 7.52. The second-order valence-electron chi connectivity index (χ2n) is 5.62. The monoisotopic (exact) mass is 277 g/mol. The SMILES string of the molecule is CNc1nc(OCCC2CC2)nc(N2CCCCC2)n1. The molecule has 6 nitrogen and oxygen atoms in total. The van der Waals surface area contributed by atoms with E-state index < -0.39 is 0 Å². The Bertz CT molecular complexity index is 443. The summed E-state index contributed by atoms with van der Waals surface area (Å²) in [5.74, 6) is 2.19. The Labute approximate surface area is 120 Å². The van der Waals surface area contributed by atoms with Gasteiger partial charge in [-0.1, -0.05) is 12.8 Å². The zero-order valence-corrected chi connectivity index (χ0v) is 12.1. The summed E-state index contributed by atoms with van der Waals surface area (Å²) >= 11 is 0. The van der Waals surface area contributed by atoms with E-state index in [2.05, 4.69) is 25.2 Å². The first-order valence-corrected chi connectivity index (χ1v) is 7.67. The van der Waals surface area contributed by atoms with Crippen molar-refractivity contribution in [3.8, 4) is 6.01 Å². The Morgan fingerprint density at radius 1 is 1.15 bits per heavy atom. The van der Waals surface area contributed by atoms with Crippen molar-refractivity contribution in [3.05, 3.63) is 0 Å². The molecule has 0 aromatic carbocycles. The number of rotatable bonds is 6. The Hall–Kier alpha value is -1.59. The molecule has 20 heavy (non-hydrogen) atoms. The van der Waals surface area contributed by atoms with Crippen molar-refractivity contribution in [1.29, 1.82) is 0 Å². The lowest BCUT2D eigenvalue weighted by Gasteiger charge is -2.26. The van der Waals surface area contributed by atoms with Crippen LogP contribution in [0.5, 0.6) is 6.01 Å². The van der Waals surface area contributed by atoms with Gasteiger partial charge in [-0.3, -0.25) is 0 Å². The maximum absolute atomic E-state index is 5.70. The molecular weight excluding hydrogens is 254 g/mol. The highest BCUT2D eigenvalue weighted by Gasteiger charge is 2.21. The van der Waals surface area contributed by atoms with E-state index >= 15 is 0 Å². The van der Waals surface area contributed by atoms with Crippen LogP contribution in [-0.4, -0.2) is 41.7 Å². The predicted octanol–water partition coefficient (Wildman–Crippen LogP) is 2.08. The maximum atomic E-state index is 5.70. The van der Waals surface area contributed by atoms with Crippen molar-refractivity contribution < 1.29 is 4.74 Å². The molecule has 2 heterocycles. The molecule has 1 aromatic rings. The molecule has 110 valence electrons. The third-order valence-corrected chi connectivity index (χ3v) is 3.92. The zero-order valence-electron chi connectivity index (χ0n) is 12.1. The van der Waals surface area contributed by atoms with Crippen LogP contribution < -0.4 is 15.0 Å². The molecule has 3 rings (SSSR count). The average molecular weight is 277 g/mol. The van der Waals surface area contributed by atoms with Gasteiger partial charge in [0.2, 0.25) is 11.9 Å². The van der Waals surface area contributed by atoms with Crippen LogP contribution >= 0.6 is 0 Å². The summed E-state index contributed by atoms with van der Waals surface area (Å²) in [5.41, 5.74) is 0. The number of ether oxygens (including phenoxy) is 1. The maximum Gasteiger partial charge on any atom is 0.323 e. The summed E-state index contributed by atoms with van der Waals surface area (Å²) in [7, 11) is 1.82. The number of nitrogens with zero attached hydrogens (tertiary/aromatic N) is 4. The molecule has 1 aliphatic carbocycles. The minimum atomic E-state index is 0.450. The van der Waals surface area contributed by atoms with E-state index in [4.69, 9.17) is 4.74 Å².